The van der Waals surface area contributed by atoms with E-state index in [0.29, 0.717) is 12.1 Å². The number of hydrogen-bond donors (Lipinski definition) is 2. The Bertz CT molecular complexity index is 170. The number of thioether (sulfide) groups is 1. The molecule has 76 valence electrons. The summed E-state index contributed by atoms with van der Waals surface area (Å²) in [6.45, 7) is 2.32. The Labute approximate surface area is 84.5 Å². The van der Waals surface area contributed by atoms with Gasteiger partial charge in [-0.1, -0.05) is 6.92 Å². The van der Waals surface area contributed by atoms with E-state index >= 15 is 0 Å². The first-order chi connectivity index (χ1) is 6.25. The van der Waals surface area contributed by atoms with Crippen molar-refractivity contribution in [2.75, 3.05) is 5.75 Å². The van der Waals surface area contributed by atoms with E-state index in [1.165, 1.54) is 18.6 Å². The molecule has 0 radical (unpaired) electrons. The zero-order chi connectivity index (χ0) is 9.26. The van der Waals surface area contributed by atoms with Crippen LogP contribution in [0.15, 0.2) is 0 Å². The van der Waals surface area contributed by atoms with Crippen LogP contribution < -0.4 is 5.32 Å². The summed E-state index contributed by atoms with van der Waals surface area (Å²) >= 11 is 2.08. The lowest BCUT2D eigenvalue weighted by atomic mass is 9.88. The quantitative estimate of drug-likeness (QED) is 0.708. The molecule has 0 aromatic rings. The molecule has 2 unspecified atom stereocenters. The molecular weight excluding hydrogens is 182 g/mol. The first-order valence-corrected chi connectivity index (χ1v) is 6.36. The number of aliphatic hydroxyl groups excluding tert-OH is 1. The van der Waals surface area contributed by atoms with Gasteiger partial charge in [0.05, 0.1) is 6.10 Å². The smallest absolute Gasteiger partial charge is 0.0570 e. The van der Waals surface area contributed by atoms with Gasteiger partial charge in [0.2, 0.25) is 0 Å². The van der Waals surface area contributed by atoms with Gasteiger partial charge in [-0.25, -0.2) is 0 Å². The lowest BCUT2D eigenvalue weighted by Gasteiger charge is -2.38. The van der Waals surface area contributed by atoms with Gasteiger partial charge in [-0.05, 0) is 31.4 Å². The zero-order valence-corrected chi connectivity index (χ0v) is 9.02. The normalized spacial score (nSPS) is 45.7. The molecule has 3 heteroatoms. The Morgan fingerprint density at radius 3 is 2.77 bits per heavy atom. The van der Waals surface area contributed by atoms with E-state index in [2.05, 4.69) is 24.0 Å². The molecule has 0 amide bonds. The van der Waals surface area contributed by atoms with E-state index in [1.54, 1.807) is 0 Å². The summed E-state index contributed by atoms with van der Waals surface area (Å²) in [7, 11) is 0. The summed E-state index contributed by atoms with van der Waals surface area (Å²) in [6.07, 6.45) is 4.58. The molecule has 13 heavy (non-hydrogen) atoms. The van der Waals surface area contributed by atoms with E-state index in [4.69, 9.17) is 5.11 Å². The molecule has 0 aromatic heterocycles. The van der Waals surface area contributed by atoms with Gasteiger partial charge >= 0.3 is 0 Å². The Morgan fingerprint density at radius 2 is 2.15 bits per heavy atom. The molecule has 1 aliphatic heterocycles. The molecule has 0 bridgehead atoms. The van der Waals surface area contributed by atoms with Crippen molar-refractivity contribution >= 4 is 11.8 Å². The zero-order valence-electron chi connectivity index (χ0n) is 8.20. The van der Waals surface area contributed by atoms with Gasteiger partial charge in [-0.15, -0.1) is 0 Å². The number of aliphatic hydroxyl groups is 1. The highest BCUT2D eigenvalue weighted by atomic mass is 32.2. The van der Waals surface area contributed by atoms with Gasteiger partial charge in [0.25, 0.3) is 0 Å². The molecule has 2 fully saturated rings. The molecule has 1 heterocycles. The maximum Gasteiger partial charge on any atom is 0.0570 e. The van der Waals surface area contributed by atoms with E-state index in [-0.39, 0.29) is 6.10 Å². The molecule has 2 N–H and O–H groups in total. The van der Waals surface area contributed by atoms with Crippen molar-refractivity contribution in [1.29, 1.82) is 0 Å². The first kappa shape index (κ1) is 9.81. The van der Waals surface area contributed by atoms with Gasteiger partial charge in [0.1, 0.15) is 0 Å². The summed E-state index contributed by atoms with van der Waals surface area (Å²) in [4.78, 5) is 0. The summed E-state index contributed by atoms with van der Waals surface area (Å²) in [6, 6.07) is 1.29. The number of rotatable bonds is 2. The Morgan fingerprint density at radius 1 is 1.38 bits per heavy atom. The topological polar surface area (TPSA) is 32.3 Å². The minimum atomic E-state index is -0.0240. The highest BCUT2D eigenvalue weighted by molar-refractivity contribution is 7.99. The van der Waals surface area contributed by atoms with Crippen LogP contribution in [0.5, 0.6) is 0 Å². The highest BCUT2D eigenvalue weighted by Gasteiger charge is 2.31. The molecule has 2 atom stereocenters. The third-order valence-electron chi connectivity index (χ3n) is 3.17. The lowest BCUT2D eigenvalue weighted by Crippen LogP contribution is -2.52. The number of hydrogen-bond acceptors (Lipinski definition) is 3. The standard InChI is InChI=1S/C10H19NOS/c1-7-10(3-2-4-13-7)11-8-5-9(12)6-8/h7-12H,2-6H2,1H3. The summed E-state index contributed by atoms with van der Waals surface area (Å²) in [5.41, 5.74) is 0. The van der Waals surface area contributed by atoms with Crippen LogP contribution in [-0.4, -0.2) is 34.3 Å². The van der Waals surface area contributed by atoms with Gasteiger partial charge in [-0.2, -0.15) is 11.8 Å². The average Bonchev–Trinajstić information content (AvgIpc) is 2.06. The van der Waals surface area contributed by atoms with Crippen molar-refractivity contribution in [1.82, 2.24) is 5.32 Å². The molecule has 2 rings (SSSR count). The second-order valence-corrected chi connectivity index (χ2v) is 5.80. The molecule has 0 spiro atoms. The monoisotopic (exact) mass is 201 g/mol. The molecule has 1 saturated carbocycles. The minimum Gasteiger partial charge on any atom is -0.393 e. The summed E-state index contributed by atoms with van der Waals surface area (Å²) in [5.74, 6) is 1.33. The van der Waals surface area contributed by atoms with Gasteiger partial charge in [-0.3, -0.25) is 0 Å². The van der Waals surface area contributed by atoms with Gasteiger partial charge in [0.15, 0.2) is 0 Å². The fraction of sp³-hybridized carbons (Fsp3) is 1.00. The second kappa shape index (κ2) is 4.20. The van der Waals surface area contributed by atoms with E-state index < -0.39 is 0 Å². The van der Waals surface area contributed by atoms with Crippen LogP contribution in [0.25, 0.3) is 0 Å². The average molecular weight is 201 g/mol. The molecule has 2 aliphatic rings. The molecule has 0 aromatic carbocycles. The van der Waals surface area contributed by atoms with Crippen molar-refractivity contribution in [3.63, 3.8) is 0 Å². The molecule has 1 saturated heterocycles. The fourth-order valence-corrected chi connectivity index (χ4v) is 3.32. The Kier molecular flexibility index (Phi) is 3.17. The minimum absolute atomic E-state index is 0.0240. The fourth-order valence-electron chi connectivity index (χ4n) is 2.17. The van der Waals surface area contributed by atoms with E-state index in [1.807, 2.05) is 0 Å². The largest absolute Gasteiger partial charge is 0.393 e. The van der Waals surface area contributed by atoms with Crippen molar-refractivity contribution in [2.24, 2.45) is 0 Å². The van der Waals surface area contributed by atoms with Crippen LogP contribution in [-0.2, 0) is 0 Å². The van der Waals surface area contributed by atoms with E-state index in [9.17, 15) is 0 Å². The highest BCUT2D eigenvalue weighted by Crippen LogP contribution is 2.28. The van der Waals surface area contributed by atoms with Gasteiger partial charge < -0.3 is 10.4 Å². The van der Waals surface area contributed by atoms with Crippen molar-refractivity contribution in [2.45, 2.75) is 56.0 Å². The van der Waals surface area contributed by atoms with Crippen molar-refractivity contribution < 1.29 is 5.11 Å². The predicted molar refractivity (Wildman–Crippen MR) is 57.1 cm³/mol. The summed E-state index contributed by atoms with van der Waals surface area (Å²) in [5, 5.41) is 13.6. The maximum absolute atomic E-state index is 9.17. The van der Waals surface area contributed by atoms with Gasteiger partial charge in [0, 0.05) is 17.3 Å². The van der Waals surface area contributed by atoms with E-state index in [0.717, 1.165) is 18.1 Å². The first-order valence-electron chi connectivity index (χ1n) is 5.31. The second-order valence-electron chi connectivity index (χ2n) is 4.31. The van der Waals surface area contributed by atoms with Crippen LogP contribution >= 0.6 is 11.8 Å². The molecule has 2 nitrogen and oxygen atoms in total. The van der Waals surface area contributed by atoms with Crippen LogP contribution in [0.2, 0.25) is 0 Å². The third kappa shape index (κ3) is 2.39. The summed E-state index contributed by atoms with van der Waals surface area (Å²) < 4.78 is 0. The van der Waals surface area contributed by atoms with Crippen LogP contribution in [0, 0.1) is 0 Å². The van der Waals surface area contributed by atoms with Crippen molar-refractivity contribution in [3.05, 3.63) is 0 Å². The van der Waals surface area contributed by atoms with Crippen LogP contribution in [0.1, 0.15) is 32.6 Å². The van der Waals surface area contributed by atoms with Crippen LogP contribution in [0.4, 0.5) is 0 Å². The Balaban J connectivity index is 1.73. The third-order valence-corrected chi connectivity index (χ3v) is 4.55. The van der Waals surface area contributed by atoms with Crippen LogP contribution in [0.3, 0.4) is 0 Å². The molecule has 1 aliphatic carbocycles. The SMILES string of the molecule is CC1SCCCC1NC1CC(O)C1. The van der Waals surface area contributed by atoms with Crippen molar-refractivity contribution in [3.8, 4) is 0 Å². The maximum atomic E-state index is 9.17. The predicted octanol–water partition coefficient (Wildman–Crippen LogP) is 1.38. The Hall–Kier alpha value is 0.270. The molecular formula is C10H19NOS. The number of nitrogens with one attached hydrogen (secondary N) is 1. The lowest BCUT2D eigenvalue weighted by molar-refractivity contribution is 0.0570.